The minimum Gasteiger partial charge on any atom is -0.282 e. The van der Waals surface area contributed by atoms with Crippen molar-refractivity contribution in [3.05, 3.63) is 72.8 Å². The third-order valence-electron chi connectivity index (χ3n) is 3.39. The van der Waals surface area contributed by atoms with Crippen LogP contribution >= 0.6 is 23.5 Å². The molecule has 0 aromatic heterocycles. The molecule has 0 fully saturated rings. The second kappa shape index (κ2) is 8.73. The highest BCUT2D eigenvalue weighted by Crippen LogP contribution is 2.28. The van der Waals surface area contributed by atoms with Gasteiger partial charge in [-0.15, -0.1) is 0 Å². The summed E-state index contributed by atoms with van der Waals surface area (Å²) in [6, 6.07) is 12.2. The van der Waals surface area contributed by atoms with Gasteiger partial charge in [-0.3, -0.25) is 9.59 Å². The van der Waals surface area contributed by atoms with Gasteiger partial charge in [-0.25, -0.2) is 8.42 Å². The first-order valence-electron chi connectivity index (χ1n) is 7.82. The van der Waals surface area contributed by atoms with Crippen molar-refractivity contribution >= 4 is 43.6 Å². The molecule has 140 valence electrons. The van der Waals surface area contributed by atoms with Crippen molar-refractivity contribution in [2.45, 2.75) is 33.4 Å². The summed E-state index contributed by atoms with van der Waals surface area (Å²) < 4.78 is 25.5. The maximum Gasteiger partial charge on any atom is 0.219 e. The molecule has 0 N–H and O–H groups in total. The topological polar surface area (TPSA) is 68.3 Å². The van der Waals surface area contributed by atoms with E-state index in [2.05, 4.69) is 13.2 Å². The molecule has 27 heavy (non-hydrogen) atoms. The summed E-state index contributed by atoms with van der Waals surface area (Å²) in [6.07, 6.45) is 0. The molecule has 0 saturated heterocycles. The van der Waals surface area contributed by atoms with Gasteiger partial charge in [-0.05, 0) is 97.0 Å². The first-order chi connectivity index (χ1) is 12.6. The number of thioether (sulfide) groups is 2. The molecule has 2 rings (SSSR count). The Balaban J connectivity index is 2.20. The van der Waals surface area contributed by atoms with Crippen LogP contribution in [0.4, 0.5) is 0 Å². The van der Waals surface area contributed by atoms with Crippen molar-refractivity contribution in [3.63, 3.8) is 0 Å². The Morgan fingerprint density at radius 2 is 1.00 bits per heavy atom. The predicted octanol–water partition coefficient (Wildman–Crippen LogP) is 4.91. The van der Waals surface area contributed by atoms with Gasteiger partial charge in [-0.2, -0.15) is 0 Å². The highest BCUT2D eigenvalue weighted by atomic mass is 32.2. The zero-order valence-corrected chi connectivity index (χ0v) is 17.3. The van der Waals surface area contributed by atoms with Crippen molar-refractivity contribution in [1.82, 2.24) is 0 Å². The van der Waals surface area contributed by atoms with E-state index in [1.54, 1.807) is 38.1 Å². The molecule has 0 aliphatic carbocycles. The lowest BCUT2D eigenvalue weighted by Crippen LogP contribution is -2.02. The lowest BCUT2D eigenvalue weighted by atomic mass is 10.4. The number of sulfone groups is 1. The van der Waals surface area contributed by atoms with Crippen molar-refractivity contribution in [1.29, 1.82) is 0 Å². The second-order valence-corrected chi connectivity index (χ2v) is 9.83. The monoisotopic (exact) mass is 418 g/mol. The van der Waals surface area contributed by atoms with E-state index in [9.17, 15) is 18.0 Å². The van der Waals surface area contributed by atoms with Crippen LogP contribution in [0.1, 0.15) is 13.8 Å². The average Bonchev–Trinajstić information content (AvgIpc) is 2.62. The number of hydrogen-bond acceptors (Lipinski definition) is 6. The van der Waals surface area contributed by atoms with Crippen LogP contribution in [0.3, 0.4) is 0 Å². The quantitative estimate of drug-likeness (QED) is 0.490. The second-order valence-electron chi connectivity index (χ2n) is 5.79. The standard InChI is InChI=1S/C20H18O4S3/c1-13(2)19(21)25-15-5-9-17(10-6-15)27(23,24)18-11-7-16(8-12-18)26-20(22)14(3)4/h5-12H,1,3H2,2,4H3. The normalized spacial score (nSPS) is 11.0. The Kier molecular flexibility index (Phi) is 6.86. The lowest BCUT2D eigenvalue weighted by Gasteiger charge is -2.07. The highest BCUT2D eigenvalue weighted by molar-refractivity contribution is 8.14. The van der Waals surface area contributed by atoms with Crippen LogP contribution in [0.2, 0.25) is 0 Å². The molecule has 7 heteroatoms. The minimum absolute atomic E-state index is 0.132. The maximum absolute atomic E-state index is 12.7. The molecule has 0 atom stereocenters. The third kappa shape index (κ3) is 5.45. The molecule has 0 aliphatic rings. The molecule has 0 bridgehead atoms. The Labute approximate surface area is 167 Å². The van der Waals surface area contributed by atoms with Crippen LogP contribution < -0.4 is 0 Å². The molecule has 2 aromatic rings. The van der Waals surface area contributed by atoms with E-state index in [1.807, 2.05) is 0 Å². The van der Waals surface area contributed by atoms with Crippen LogP contribution in [-0.2, 0) is 19.4 Å². The maximum atomic E-state index is 12.7. The van der Waals surface area contributed by atoms with Crippen molar-refractivity contribution in [2.24, 2.45) is 0 Å². The van der Waals surface area contributed by atoms with Crippen LogP contribution in [0.5, 0.6) is 0 Å². The fourth-order valence-corrected chi connectivity index (χ4v) is 4.48. The van der Waals surface area contributed by atoms with Crippen LogP contribution in [0.25, 0.3) is 0 Å². The van der Waals surface area contributed by atoms with Gasteiger partial charge < -0.3 is 0 Å². The molecule has 0 unspecified atom stereocenters. The van der Waals surface area contributed by atoms with Crippen molar-refractivity contribution in [3.8, 4) is 0 Å². The molecule has 0 spiro atoms. The Hall–Kier alpha value is -2.09. The lowest BCUT2D eigenvalue weighted by molar-refractivity contribution is -0.108. The Morgan fingerprint density at radius 1 is 0.704 bits per heavy atom. The number of carbonyl (C=O) groups is 2. The average molecular weight is 419 g/mol. The summed E-state index contributed by atoms with van der Waals surface area (Å²) in [5.41, 5.74) is 0.861. The molecule has 0 aliphatic heterocycles. The SMILES string of the molecule is C=C(C)C(=O)Sc1ccc(S(=O)(=O)c2ccc(SC(=O)C(=C)C)cc2)cc1. The molecule has 2 aromatic carbocycles. The van der Waals surface area contributed by atoms with Gasteiger partial charge in [0.25, 0.3) is 0 Å². The number of carbonyl (C=O) groups excluding carboxylic acids is 2. The van der Waals surface area contributed by atoms with Gasteiger partial charge in [0.2, 0.25) is 20.1 Å². The van der Waals surface area contributed by atoms with E-state index in [-0.39, 0.29) is 20.0 Å². The van der Waals surface area contributed by atoms with E-state index in [1.165, 1.54) is 24.3 Å². The van der Waals surface area contributed by atoms with Crippen LogP contribution in [-0.4, -0.2) is 18.6 Å². The summed E-state index contributed by atoms with van der Waals surface area (Å²) in [5, 5.41) is -0.328. The number of benzene rings is 2. The fourth-order valence-electron chi connectivity index (χ4n) is 1.90. The van der Waals surface area contributed by atoms with E-state index in [0.29, 0.717) is 20.9 Å². The molecule has 0 radical (unpaired) electrons. The van der Waals surface area contributed by atoms with E-state index < -0.39 is 9.84 Å². The Morgan fingerprint density at radius 3 is 1.26 bits per heavy atom. The zero-order valence-electron chi connectivity index (χ0n) is 14.9. The summed E-state index contributed by atoms with van der Waals surface area (Å²) in [6.45, 7) is 10.4. The molecular weight excluding hydrogens is 400 g/mol. The van der Waals surface area contributed by atoms with Gasteiger partial charge in [0.15, 0.2) is 0 Å². The van der Waals surface area contributed by atoms with E-state index in [4.69, 9.17) is 0 Å². The van der Waals surface area contributed by atoms with Gasteiger partial charge in [0.05, 0.1) is 9.79 Å². The molecular formula is C20H18O4S3. The van der Waals surface area contributed by atoms with Gasteiger partial charge in [0, 0.05) is 9.79 Å². The third-order valence-corrected chi connectivity index (χ3v) is 7.26. The van der Waals surface area contributed by atoms with Crippen molar-refractivity contribution < 1.29 is 18.0 Å². The number of rotatable bonds is 6. The predicted molar refractivity (Wildman–Crippen MR) is 110 cm³/mol. The largest absolute Gasteiger partial charge is 0.282 e. The summed E-state index contributed by atoms with van der Waals surface area (Å²) in [7, 11) is -3.69. The fraction of sp³-hybridized carbons (Fsp3) is 0.100. The molecule has 0 heterocycles. The highest BCUT2D eigenvalue weighted by Gasteiger charge is 2.18. The molecule has 4 nitrogen and oxygen atoms in total. The molecule has 0 saturated carbocycles. The van der Waals surface area contributed by atoms with E-state index >= 15 is 0 Å². The van der Waals surface area contributed by atoms with E-state index in [0.717, 1.165) is 23.5 Å². The van der Waals surface area contributed by atoms with Gasteiger partial charge in [-0.1, -0.05) is 13.2 Å². The summed E-state index contributed by atoms with van der Waals surface area (Å²) in [4.78, 5) is 24.9. The Bertz CT molecular complexity index is 925. The van der Waals surface area contributed by atoms with Crippen LogP contribution in [0.15, 0.2) is 92.4 Å². The van der Waals surface area contributed by atoms with Gasteiger partial charge in [0.1, 0.15) is 0 Å². The first-order valence-corrected chi connectivity index (χ1v) is 10.9. The number of hydrogen-bond donors (Lipinski definition) is 0. The zero-order chi connectivity index (χ0) is 20.2. The molecule has 0 amide bonds. The summed E-state index contributed by atoms with van der Waals surface area (Å²) in [5.74, 6) is 0. The minimum atomic E-state index is -3.69. The first kappa shape index (κ1) is 21.2. The summed E-state index contributed by atoms with van der Waals surface area (Å²) >= 11 is 2.00. The smallest absolute Gasteiger partial charge is 0.219 e. The van der Waals surface area contributed by atoms with Crippen molar-refractivity contribution in [2.75, 3.05) is 0 Å². The van der Waals surface area contributed by atoms with Gasteiger partial charge >= 0.3 is 0 Å². The van der Waals surface area contributed by atoms with Crippen LogP contribution in [0, 0.1) is 0 Å².